The quantitative estimate of drug-likeness (QED) is 0.800. The maximum atomic E-state index is 12.9. The number of carbonyl (C=O) groups excluding carboxylic acids is 2. The Morgan fingerprint density at radius 1 is 1.07 bits per heavy atom. The van der Waals surface area contributed by atoms with Gasteiger partial charge in [-0.1, -0.05) is 12.1 Å². The molecule has 1 saturated heterocycles. The summed E-state index contributed by atoms with van der Waals surface area (Å²) in [5, 5.41) is 0. The Kier molecular flexibility index (Phi) is 5.27. The Labute approximate surface area is 171 Å². The van der Waals surface area contributed by atoms with E-state index in [1.54, 1.807) is 13.1 Å². The van der Waals surface area contributed by atoms with E-state index in [9.17, 15) is 9.59 Å². The zero-order chi connectivity index (χ0) is 21.6. The van der Waals surface area contributed by atoms with Crippen molar-refractivity contribution in [1.29, 1.82) is 0 Å². The van der Waals surface area contributed by atoms with Crippen LogP contribution in [-0.4, -0.2) is 42.2 Å². The van der Waals surface area contributed by atoms with Gasteiger partial charge in [-0.05, 0) is 63.8 Å². The Bertz CT molecular complexity index is 958. The van der Waals surface area contributed by atoms with Crippen molar-refractivity contribution in [3.8, 4) is 0 Å². The van der Waals surface area contributed by atoms with E-state index in [1.165, 1.54) is 17.2 Å². The molecule has 152 valence electrons. The first-order chi connectivity index (χ1) is 13.4. The number of nitrogens with zero attached hydrogens (tertiary/aromatic N) is 2. The van der Waals surface area contributed by atoms with Crippen LogP contribution in [-0.2, 0) is 9.31 Å². The lowest BCUT2D eigenvalue weighted by Crippen LogP contribution is -2.41. The standard InChI is InChI=1S/C21H26BN3O4/c1-13-11-15(22-28-20(2,3)21(4,5)29-22)7-8-17(13)25(6)19(27)14-9-10-24-16(12-14)18(23)26/h7-12H,1-6H3,(H2,23,26). The molecule has 0 spiro atoms. The second-order valence-electron chi connectivity index (χ2n) is 8.29. The van der Waals surface area contributed by atoms with Crippen LogP contribution in [0, 0.1) is 6.92 Å². The number of pyridine rings is 1. The van der Waals surface area contributed by atoms with E-state index in [2.05, 4.69) is 4.98 Å². The van der Waals surface area contributed by atoms with Gasteiger partial charge in [0, 0.05) is 24.5 Å². The molecule has 0 atom stereocenters. The first-order valence-electron chi connectivity index (χ1n) is 9.43. The van der Waals surface area contributed by atoms with Crippen LogP contribution < -0.4 is 16.1 Å². The maximum Gasteiger partial charge on any atom is 0.494 e. The number of rotatable bonds is 4. The van der Waals surface area contributed by atoms with E-state index >= 15 is 0 Å². The van der Waals surface area contributed by atoms with Gasteiger partial charge in [-0.15, -0.1) is 0 Å². The molecule has 29 heavy (non-hydrogen) atoms. The lowest BCUT2D eigenvalue weighted by molar-refractivity contribution is 0.00578. The number of aryl methyl sites for hydroxylation is 1. The number of amides is 2. The number of hydrogen-bond acceptors (Lipinski definition) is 5. The van der Waals surface area contributed by atoms with Gasteiger partial charge in [-0.2, -0.15) is 0 Å². The second-order valence-corrected chi connectivity index (χ2v) is 8.29. The van der Waals surface area contributed by atoms with Gasteiger partial charge < -0.3 is 19.9 Å². The minimum Gasteiger partial charge on any atom is -0.399 e. The van der Waals surface area contributed by atoms with E-state index in [-0.39, 0.29) is 11.6 Å². The average molecular weight is 395 g/mol. The van der Waals surface area contributed by atoms with Gasteiger partial charge in [-0.3, -0.25) is 14.6 Å². The molecule has 1 aromatic heterocycles. The van der Waals surface area contributed by atoms with Crippen molar-refractivity contribution in [3.63, 3.8) is 0 Å². The Balaban J connectivity index is 1.84. The molecule has 3 rings (SSSR count). The fourth-order valence-corrected chi connectivity index (χ4v) is 3.18. The zero-order valence-corrected chi connectivity index (χ0v) is 17.6. The summed E-state index contributed by atoms with van der Waals surface area (Å²) in [4.78, 5) is 29.6. The van der Waals surface area contributed by atoms with Crippen LogP contribution in [0.1, 0.15) is 54.1 Å². The predicted octanol–water partition coefficient (Wildman–Crippen LogP) is 2.06. The van der Waals surface area contributed by atoms with Gasteiger partial charge in [0.25, 0.3) is 11.8 Å². The number of carbonyl (C=O) groups is 2. The number of benzene rings is 1. The van der Waals surface area contributed by atoms with Crippen LogP contribution in [0.25, 0.3) is 0 Å². The van der Waals surface area contributed by atoms with Crippen molar-refractivity contribution in [2.45, 2.75) is 45.8 Å². The van der Waals surface area contributed by atoms with Crippen molar-refractivity contribution in [3.05, 3.63) is 53.3 Å². The molecule has 1 aromatic carbocycles. The molecule has 0 aliphatic carbocycles. The van der Waals surface area contributed by atoms with Crippen molar-refractivity contribution in [2.75, 3.05) is 11.9 Å². The third-order valence-corrected chi connectivity index (χ3v) is 5.67. The SMILES string of the molecule is Cc1cc(B2OC(C)(C)C(C)(C)O2)ccc1N(C)C(=O)c1ccnc(C(N)=O)c1. The molecule has 1 aliphatic rings. The van der Waals surface area contributed by atoms with Gasteiger partial charge in [-0.25, -0.2) is 0 Å². The van der Waals surface area contributed by atoms with Crippen molar-refractivity contribution >= 4 is 30.1 Å². The molecular formula is C21H26BN3O4. The molecule has 0 bridgehead atoms. The molecule has 0 radical (unpaired) electrons. The van der Waals surface area contributed by atoms with E-state index < -0.39 is 24.2 Å². The van der Waals surface area contributed by atoms with E-state index in [0.717, 1.165) is 16.7 Å². The summed E-state index contributed by atoms with van der Waals surface area (Å²) in [6, 6.07) is 8.68. The summed E-state index contributed by atoms with van der Waals surface area (Å²) >= 11 is 0. The molecule has 2 amide bonds. The third kappa shape index (κ3) is 3.90. The highest BCUT2D eigenvalue weighted by atomic mass is 16.7. The van der Waals surface area contributed by atoms with Crippen LogP contribution in [0.5, 0.6) is 0 Å². The first-order valence-corrected chi connectivity index (χ1v) is 9.43. The molecule has 0 saturated carbocycles. The number of nitrogens with two attached hydrogens (primary N) is 1. The molecule has 2 aromatic rings. The average Bonchev–Trinajstić information content (AvgIpc) is 2.88. The van der Waals surface area contributed by atoms with Crippen LogP contribution in [0.3, 0.4) is 0 Å². The normalized spacial score (nSPS) is 17.2. The minimum absolute atomic E-state index is 0.0529. The Morgan fingerprint density at radius 3 is 2.24 bits per heavy atom. The van der Waals surface area contributed by atoms with Crippen LogP contribution in [0.15, 0.2) is 36.5 Å². The summed E-state index contributed by atoms with van der Waals surface area (Å²) in [7, 11) is 1.22. The number of primary amides is 1. The highest BCUT2D eigenvalue weighted by Crippen LogP contribution is 2.36. The van der Waals surface area contributed by atoms with E-state index in [4.69, 9.17) is 15.0 Å². The fraction of sp³-hybridized carbons (Fsp3) is 0.381. The Hall–Kier alpha value is -2.71. The monoisotopic (exact) mass is 395 g/mol. The van der Waals surface area contributed by atoms with Crippen LogP contribution in [0.4, 0.5) is 5.69 Å². The third-order valence-electron chi connectivity index (χ3n) is 5.67. The van der Waals surface area contributed by atoms with E-state index in [1.807, 2.05) is 52.8 Å². The summed E-state index contributed by atoms with van der Waals surface area (Å²) in [5.41, 5.74) is 7.35. The van der Waals surface area contributed by atoms with Crippen molar-refractivity contribution in [2.24, 2.45) is 5.73 Å². The summed E-state index contributed by atoms with van der Waals surface area (Å²) in [6.07, 6.45) is 1.40. The van der Waals surface area contributed by atoms with Crippen molar-refractivity contribution in [1.82, 2.24) is 4.98 Å². The number of aromatic nitrogens is 1. The molecular weight excluding hydrogens is 369 g/mol. The zero-order valence-electron chi connectivity index (χ0n) is 17.6. The number of hydrogen-bond donors (Lipinski definition) is 1. The van der Waals surface area contributed by atoms with Crippen LogP contribution in [0.2, 0.25) is 0 Å². The molecule has 2 N–H and O–H groups in total. The summed E-state index contributed by atoms with van der Waals surface area (Å²) in [6.45, 7) is 9.96. The lowest BCUT2D eigenvalue weighted by Gasteiger charge is -2.32. The fourth-order valence-electron chi connectivity index (χ4n) is 3.18. The van der Waals surface area contributed by atoms with E-state index in [0.29, 0.717) is 5.56 Å². The van der Waals surface area contributed by atoms with Crippen LogP contribution >= 0.6 is 0 Å². The highest BCUT2D eigenvalue weighted by molar-refractivity contribution is 6.62. The number of anilines is 1. The Morgan fingerprint density at radius 2 is 1.69 bits per heavy atom. The first kappa shape index (κ1) is 21.0. The largest absolute Gasteiger partial charge is 0.494 e. The predicted molar refractivity (Wildman–Crippen MR) is 112 cm³/mol. The van der Waals surface area contributed by atoms with Gasteiger partial charge in [0.1, 0.15) is 5.69 Å². The molecule has 0 unspecified atom stereocenters. The van der Waals surface area contributed by atoms with Gasteiger partial charge >= 0.3 is 7.12 Å². The van der Waals surface area contributed by atoms with Gasteiger partial charge in [0.15, 0.2) is 0 Å². The molecule has 7 nitrogen and oxygen atoms in total. The molecule has 1 fully saturated rings. The van der Waals surface area contributed by atoms with Gasteiger partial charge in [0.05, 0.1) is 11.2 Å². The topological polar surface area (TPSA) is 94.8 Å². The van der Waals surface area contributed by atoms with Gasteiger partial charge in [0.2, 0.25) is 0 Å². The smallest absolute Gasteiger partial charge is 0.399 e. The molecule has 1 aliphatic heterocycles. The molecule has 2 heterocycles. The highest BCUT2D eigenvalue weighted by Gasteiger charge is 2.51. The maximum absolute atomic E-state index is 12.9. The van der Waals surface area contributed by atoms with Crippen molar-refractivity contribution < 1.29 is 18.9 Å². The summed E-state index contributed by atoms with van der Waals surface area (Å²) in [5.74, 6) is -0.938. The lowest BCUT2D eigenvalue weighted by atomic mass is 9.78. The summed E-state index contributed by atoms with van der Waals surface area (Å²) < 4.78 is 12.2. The minimum atomic E-state index is -0.676. The molecule has 8 heteroatoms. The second kappa shape index (κ2) is 7.28.